The minimum Gasteiger partial charge on any atom is -0.342 e. The largest absolute Gasteiger partial charge is 0.342 e. The van der Waals surface area contributed by atoms with Crippen molar-refractivity contribution < 1.29 is 28.4 Å². The fraction of sp³-hybridized carbons (Fsp3) is 0.292. The Balaban J connectivity index is 1.44. The molecule has 2 heterocycles. The van der Waals surface area contributed by atoms with Gasteiger partial charge < -0.3 is 4.90 Å². The van der Waals surface area contributed by atoms with E-state index in [0.29, 0.717) is 30.5 Å². The SMILES string of the molecule is CN(CCCc1cccc2c1C(=O)N(C1CCC(=O)NC1=O)C2=O)C(=O)c1ccc(F)cc1. The summed E-state index contributed by atoms with van der Waals surface area (Å²) in [5.41, 5.74) is 1.53. The number of benzene rings is 2. The average molecular weight is 451 g/mol. The minimum absolute atomic E-state index is 0.0606. The van der Waals surface area contributed by atoms with Crippen molar-refractivity contribution in [1.29, 1.82) is 0 Å². The molecule has 0 aromatic heterocycles. The quantitative estimate of drug-likeness (QED) is 0.676. The molecule has 1 fully saturated rings. The number of carbonyl (C=O) groups is 5. The first kappa shape index (κ1) is 22.3. The minimum atomic E-state index is -1.01. The number of amides is 5. The monoisotopic (exact) mass is 451 g/mol. The van der Waals surface area contributed by atoms with E-state index in [4.69, 9.17) is 0 Å². The van der Waals surface area contributed by atoms with E-state index in [1.807, 2.05) is 0 Å². The van der Waals surface area contributed by atoms with Crippen LogP contribution in [0.4, 0.5) is 4.39 Å². The van der Waals surface area contributed by atoms with Gasteiger partial charge in [0.05, 0.1) is 11.1 Å². The van der Waals surface area contributed by atoms with E-state index >= 15 is 0 Å². The molecule has 2 aromatic carbocycles. The van der Waals surface area contributed by atoms with E-state index in [0.717, 1.165) is 4.90 Å². The first-order valence-electron chi connectivity index (χ1n) is 10.6. The Kier molecular flexibility index (Phi) is 6.04. The van der Waals surface area contributed by atoms with Crippen LogP contribution in [0, 0.1) is 5.82 Å². The van der Waals surface area contributed by atoms with Gasteiger partial charge in [0.2, 0.25) is 11.8 Å². The highest BCUT2D eigenvalue weighted by molar-refractivity contribution is 6.24. The molecule has 33 heavy (non-hydrogen) atoms. The highest BCUT2D eigenvalue weighted by atomic mass is 19.1. The highest BCUT2D eigenvalue weighted by Crippen LogP contribution is 2.30. The van der Waals surface area contributed by atoms with Gasteiger partial charge in [-0.25, -0.2) is 4.39 Å². The molecule has 2 aliphatic heterocycles. The van der Waals surface area contributed by atoms with Gasteiger partial charge in [0.1, 0.15) is 11.9 Å². The number of nitrogens with one attached hydrogen (secondary N) is 1. The maximum atomic E-state index is 13.1. The molecule has 1 saturated heterocycles. The average Bonchev–Trinajstić information content (AvgIpc) is 3.05. The first-order chi connectivity index (χ1) is 15.8. The second kappa shape index (κ2) is 8.93. The molecule has 1 unspecified atom stereocenters. The zero-order valence-electron chi connectivity index (χ0n) is 18.0. The standard InChI is InChI=1S/C24H22FN3O5/c1-27(22(31)15-7-9-16(25)10-8-15)13-3-5-14-4-2-6-17-20(14)24(33)28(23(17)32)18-11-12-19(29)26-21(18)30/h2,4,6-10,18H,3,5,11-13H2,1H3,(H,26,29,30). The van der Waals surface area contributed by atoms with Gasteiger partial charge in [-0.05, 0) is 55.2 Å². The summed E-state index contributed by atoms with van der Waals surface area (Å²) in [6, 6.07) is 9.27. The fourth-order valence-electron chi connectivity index (χ4n) is 4.21. The molecule has 9 heteroatoms. The third-order valence-electron chi connectivity index (χ3n) is 5.93. The Labute approximate surface area is 189 Å². The normalized spacial score (nSPS) is 17.8. The van der Waals surface area contributed by atoms with Crippen LogP contribution in [0.3, 0.4) is 0 Å². The van der Waals surface area contributed by atoms with Gasteiger partial charge >= 0.3 is 0 Å². The molecule has 0 bridgehead atoms. The summed E-state index contributed by atoms with van der Waals surface area (Å²) >= 11 is 0. The third-order valence-corrected chi connectivity index (χ3v) is 5.93. The smallest absolute Gasteiger partial charge is 0.262 e. The second-order valence-corrected chi connectivity index (χ2v) is 8.12. The number of hydrogen-bond donors (Lipinski definition) is 1. The van der Waals surface area contributed by atoms with Crippen LogP contribution >= 0.6 is 0 Å². The number of imide groups is 2. The lowest BCUT2D eigenvalue weighted by molar-refractivity contribution is -0.136. The fourth-order valence-corrected chi connectivity index (χ4v) is 4.21. The lowest BCUT2D eigenvalue weighted by Crippen LogP contribution is -2.54. The van der Waals surface area contributed by atoms with Crippen molar-refractivity contribution in [1.82, 2.24) is 15.1 Å². The maximum absolute atomic E-state index is 13.1. The van der Waals surface area contributed by atoms with Crippen molar-refractivity contribution in [2.45, 2.75) is 31.7 Å². The van der Waals surface area contributed by atoms with Gasteiger partial charge in [-0.15, -0.1) is 0 Å². The molecule has 0 saturated carbocycles. The topological polar surface area (TPSA) is 104 Å². The van der Waals surface area contributed by atoms with Gasteiger partial charge in [0, 0.05) is 25.6 Å². The van der Waals surface area contributed by atoms with E-state index in [9.17, 15) is 28.4 Å². The van der Waals surface area contributed by atoms with Crippen molar-refractivity contribution in [2.24, 2.45) is 0 Å². The molecule has 0 radical (unpaired) electrons. The van der Waals surface area contributed by atoms with Crippen LogP contribution in [-0.2, 0) is 16.0 Å². The summed E-state index contributed by atoms with van der Waals surface area (Å²) in [5, 5.41) is 2.18. The summed E-state index contributed by atoms with van der Waals surface area (Å²) in [7, 11) is 1.64. The number of carbonyl (C=O) groups excluding carboxylic acids is 5. The van der Waals surface area contributed by atoms with Gasteiger partial charge in [0.15, 0.2) is 0 Å². The van der Waals surface area contributed by atoms with Gasteiger partial charge in [-0.2, -0.15) is 0 Å². The van der Waals surface area contributed by atoms with Crippen molar-refractivity contribution in [3.05, 3.63) is 70.5 Å². The summed E-state index contributed by atoms with van der Waals surface area (Å²) in [6.45, 7) is 0.388. The van der Waals surface area contributed by atoms with Gasteiger partial charge in [-0.1, -0.05) is 12.1 Å². The zero-order valence-corrected chi connectivity index (χ0v) is 18.0. The number of nitrogens with zero attached hydrogens (tertiary/aromatic N) is 2. The van der Waals surface area contributed by atoms with E-state index < -0.39 is 35.5 Å². The lowest BCUT2D eigenvalue weighted by Gasteiger charge is -2.27. The molecule has 1 N–H and O–H groups in total. The number of aryl methyl sites for hydroxylation is 1. The molecule has 5 amide bonds. The number of fused-ring (bicyclic) bond motifs is 1. The van der Waals surface area contributed by atoms with Crippen molar-refractivity contribution in [3.63, 3.8) is 0 Å². The van der Waals surface area contributed by atoms with Crippen molar-refractivity contribution >= 4 is 29.5 Å². The Morgan fingerprint density at radius 3 is 2.52 bits per heavy atom. The molecule has 4 rings (SSSR count). The van der Waals surface area contributed by atoms with Crippen molar-refractivity contribution in [3.8, 4) is 0 Å². The molecule has 8 nitrogen and oxygen atoms in total. The Bertz CT molecular complexity index is 1160. The van der Waals surface area contributed by atoms with E-state index in [1.54, 1.807) is 25.2 Å². The number of piperidine rings is 1. The summed E-state index contributed by atoms with van der Waals surface area (Å²) in [5.74, 6) is -2.83. The highest BCUT2D eigenvalue weighted by Gasteiger charge is 2.45. The van der Waals surface area contributed by atoms with Gasteiger partial charge in [0.25, 0.3) is 17.7 Å². The number of halogens is 1. The molecule has 2 aromatic rings. The van der Waals surface area contributed by atoms with Crippen LogP contribution in [0.15, 0.2) is 42.5 Å². The third kappa shape index (κ3) is 4.26. The summed E-state index contributed by atoms with van der Waals surface area (Å²) < 4.78 is 13.1. The van der Waals surface area contributed by atoms with Crippen LogP contribution < -0.4 is 5.32 Å². The predicted molar refractivity (Wildman–Crippen MR) is 115 cm³/mol. The molecular formula is C24H22FN3O5. The molecule has 2 aliphatic rings. The molecule has 1 atom stereocenters. The van der Waals surface area contributed by atoms with Crippen LogP contribution in [0.1, 0.15) is 55.9 Å². The van der Waals surface area contributed by atoms with E-state index in [2.05, 4.69) is 5.32 Å². The zero-order chi connectivity index (χ0) is 23.7. The number of rotatable bonds is 6. The molecular weight excluding hydrogens is 429 g/mol. The van der Waals surface area contributed by atoms with Crippen molar-refractivity contribution in [2.75, 3.05) is 13.6 Å². The predicted octanol–water partition coefficient (Wildman–Crippen LogP) is 1.93. The van der Waals surface area contributed by atoms with Crippen LogP contribution in [-0.4, -0.2) is 59.0 Å². The molecule has 0 aliphatic carbocycles. The maximum Gasteiger partial charge on any atom is 0.262 e. The van der Waals surface area contributed by atoms with Crippen LogP contribution in [0.25, 0.3) is 0 Å². The van der Waals surface area contributed by atoms with E-state index in [1.165, 1.54) is 29.2 Å². The van der Waals surface area contributed by atoms with E-state index in [-0.39, 0.29) is 29.9 Å². The Morgan fingerprint density at radius 1 is 1.09 bits per heavy atom. The Morgan fingerprint density at radius 2 is 1.82 bits per heavy atom. The summed E-state index contributed by atoms with van der Waals surface area (Å²) in [4.78, 5) is 64.6. The Hall–Kier alpha value is -3.88. The number of hydrogen-bond acceptors (Lipinski definition) is 5. The van der Waals surface area contributed by atoms with Crippen LogP contribution in [0.2, 0.25) is 0 Å². The van der Waals surface area contributed by atoms with Crippen LogP contribution in [0.5, 0.6) is 0 Å². The van der Waals surface area contributed by atoms with Gasteiger partial charge in [-0.3, -0.25) is 34.2 Å². The molecule has 0 spiro atoms. The lowest BCUT2D eigenvalue weighted by atomic mass is 9.99. The first-order valence-corrected chi connectivity index (χ1v) is 10.6. The second-order valence-electron chi connectivity index (χ2n) is 8.12. The molecule has 170 valence electrons. The summed E-state index contributed by atoms with van der Waals surface area (Å²) in [6.07, 6.45) is 1.12.